The van der Waals surface area contributed by atoms with Crippen LogP contribution in [0.1, 0.15) is 88.3 Å². The molecule has 3 atom stereocenters. The maximum absolute atomic E-state index is 14.3. The van der Waals surface area contributed by atoms with Gasteiger partial charge in [0.1, 0.15) is 10.8 Å². The van der Waals surface area contributed by atoms with Gasteiger partial charge < -0.3 is 19.7 Å². The number of aromatic nitrogens is 1. The van der Waals surface area contributed by atoms with Gasteiger partial charge in [0.15, 0.2) is 5.72 Å². The number of aliphatic hydroxyl groups is 1. The van der Waals surface area contributed by atoms with E-state index >= 15 is 0 Å². The first kappa shape index (κ1) is 27.9. The van der Waals surface area contributed by atoms with E-state index in [1.165, 1.54) is 16.2 Å². The first-order valence-electron chi connectivity index (χ1n) is 12.2. The van der Waals surface area contributed by atoms with Crippen molar-refractivity contribution in [3.05, 3.63) is 45.9 Å². The van der Waals surface area contributed by atoms with Gasteiger partial charge in [-0.15, -0.1) is 11.3 Å². The molecular formula is C27H38N2O6S. The number of carboxylic acid groups (broad SMARTS) is 1. The fourth-order valence-electron chi connectivity index (χ4n) is 5.30. The lowest BCUT2D eigenvalue weighted by Crippen LogP contribution is -2.52. The number of thiazole rings is 1. The van der Waals surface area contributed by atoms with Crippen molar-refractivity contribution >= 4 is 23.4 Å². The topological polar surface area (TPSA) is 109 Å². The van der Waals surface area contributed by atoms with E-state index in [-0.39, 0.29) is 24.2 Å². The van der Waals surface area contributed by atoms with Crippen LogP contribution in [0.15, 0.2) is 29.8 Å². The summed E-state index contributed by atoms with van der Waals surface area (Å²) in [6.45, 7) is 13.4. The van der Waals surface area contributed by atoms with Crippen LogP contribution in [0.4, 0.5) is 4.79 Å². The molecule has 8 nitrogen and oxygen atoms in total. The van der Waals surface area contributed by atoms with Crippen LogP contribution >= 0.6 is 11.3 Å². The lowest BCUT2D eigenvalue weighted by atomic mass is 9.82. The Balaban J connectivity index is 2.25. The number of rotatable bonds is 7. The van der Waals surface area contributed by atoms with E-state index in [9.17, 15) is 19.8 Å². The van der Waals surface area contributed by atoms with Crippen molar-refractivity contribution in [1.82, 2.24) is 9.88 Å². The highest BCUT2D eigenvalue weighted by Gasteiger charge is 2.61. The molecule has 36 heavy (non-hydrogen) atoms. The van der Waals surface area contributed by atoms with E-state index in [0.29, 0.717) is 16.3 Å². The number of carbonyl (C=O) groups is 2. The van der Waals surface area contributed by atoms with Crippen LogP contribution < -0.4 is 4.74 Å². The summed E-state index contributed by atoms with van der Waals surface area (Å²) < 4.78 is 11.2. The Hall–Kier alpha value is -2.65. The normalized spacial score (nSPS) is 22.7. The summed E-state index contributed by atoms with van der Waals surface area (Å²) in [5.41, 5.74) is -1.62. The third-order valence-electron chi connectivity index (χ3n) is 6.73. The lowest BCUT2D eigenvalue weighted by Gasteiger charge is -2.40. The lowest BCUT2D eigenvalue weighted by molar-refractivity contribution is -0.108. The number of likely N-dealkylation sites (tertiary alicyclic amines) is 1. The van der Waals surface area contributed by atoms with Crippen LogP contribution in [-0.2, 0) is 10.2 Å². The highest BCUT2D eigenvalue weighted by atomic mass is 32.1. The van der Waals surface area contributed by atoms with Crippen molar-refractivity contribution in [1.29, 1.82) is 0 Å². The zero-order valence-corrected chi connectivity index (χ0v) is 23.2. The largest absolute Gasteiger partial charge is 0.507 e. The second-order valence-corrected chi connectivity index (χ2v) is 12.5. The minimum absolute atomic E-state index is 0.00922. The van der Waals surface area contributed by atoms with Crippen LogP contribution in [-0.4, -0.2) is 50.6 Å². The van der Waals surface area contributed by atoms with Gasteiger partial charge in [0.05, 0.1) is 18.8 Å². The first-order chi connectivity index (χ1) is 16.6. The second kappa shape index (κ2) is 10.0. The van der Waals surface area contributed by atoms with Gasteiger partial charge in [-0.05, 0) is 42.9 Å². The van der Waals surface area contributed by atoms with E-state index in [0.717, 1.165) is 5.56 Å². The minimum atomic E-state index is -1.48. The molecule has 0 radical (unpaired) electrons. The number of hydrogen-bond donors (Lipinski definition) is 2. The molecule has 0 spiro atoms. The molecule has 9 heteroatoms. The second-order valence-electron chi connectivity index (χ2n) is 11.5. The number of nitrogens with zero attached hydrogens (tertiary/aromatic N) is 2. The molecule has 1 fully saturated rings. The zero-order chi connectivity index (χ0) is 27.1. The molecule has 1 amide bonds. The number of hydrogen-bond acceptors (Lipinski definition) is 7. The molecule has 1 aromatic carbocycles. The summed E-state index contributed by atoms with van der Waals surface area (Å²) in [4.78, 5) is 32.3. The van der Waals surface area contributed by atoms with Gasteiger partial charge in [-0.25, -0.2) is 9.78 Å². The van der Waals surface area contributed by atoms with Crippen LogP contribution in [0, 0.1) is 11.8 Å². The Morgan fingerprint density at radius 2 is 1.92 bits per heavy atom. The van der Waals surface area contributed by atoms with Gasteiger partial charge in [0.2, 0.25) is 0 Å². The van der Waals surface area contributed by atoms with E-state index in [4.69, 9.17) is 9.47 Å². The SMILES string of the molecule is COc1cc(C(=O)N2[C@@H](c3nccs3)[C@@H](C(C)(C)O)C[C@]2(CC(C)C)OC(=O)O)ccc1C(C)(C)C. The summed E-state index contributed by atoms with van der Waals surface area (Å²) in [5.74, 6) is -0.329. The molecule has 198 valence electrons. The van der Waals surface area contributed by atoms with E-state index in [1.807, 2.05) is 19.9 Å². The number of benzene rings is 1. The standard InChI is InChI=1S/C27H38N2O6S/c1-16(2)14-27(35-24(31)32)15-19(26(6,7)33)21(22-28-11-12-36-22)29(27)23(30)17-9-10-18(25(3,4)5)20(13-17)34-8/h9-13,16,19,21,33H,14-15H2,1-8H3,(H,31,32)/t19-,21+,27-/m0/s1. The summed E-state index contributed by atoms with van der Waals surface area (Å²) in [7, 11) is 1.56. The maximum Gasteiger partial charge on any atom is 0.507 e. The molecule has 1 aliphatic rings. The molecular weight excluding hydrogens is 480 g/mol. The molecule has 2 N–H and O–H groups in total. The van der Waals surface area contributed by atoms with Crippen molar-refractivity contribution in [2.45, 2.75) is 84.1 Å². The summed E-state index contributed by atoms with van der Waals surface area (Å²) in [6, 6.07) is 4.63. The average Bonchev–Trinajstić information content (AvgIpc) is 3.37. The molecule has 0 aliphatic carbocycles. The predicted octanol–water partition coefficient (Wildman–Crippen LogP) is 5.86. The molecule has 0 saturated carbocycles. The predicted molar refractivity (Wildman–Crippen MR) is 138 cm³/mol. The highest BCUT2D eigenvalue weighted by molar-refractivity contribution is 7.09. The van der Waals surface area contributed by atoms with Gasteiger partial charge in [-0.1, -0.05) is 40.7 Å². The van der Waals surface area contributed by atoms with Crippen molar-refractivity contribution in [2.75, 3.05) is 7.11 Å². The Morgan fingerprint density at radius 3 is 2.39 bits per heavy atom. The molecule has 3 rings (SSSR count). The van der Waals surface area contributed by atoms with Crippen molar-refractivity contribution < 1.29 is 29.3 Å². The summed E-state index contributed by atoms with van der Waals surface area (Å²) in [5, 5.41) is 23.4. The molecule has 2 heterocycles. The molecule has 0 unspecified atom stereocenters. The van der Waals surface area contributed by atoms with Gasteiger partial charge >= 0.3 is 6.16 Å². The molecule has 1 aliphatic heterocycles. The van der Waals surface area contributed by atoms with Gasteiger partial charge in [0.25, 0.3) is 5.91 Å². The Kier molecular flexibility index (Phi) is 7.77. The van der Waals surface area contributed by atoms with Crippen molar-refractivity contribution in [2.24, 2.45) is 11.8 Å². The van der Waals surface area contributed by atoms with Crippen LogP contribution in [0.2, 0.25) is 0 Å². The summed E-state index contributed by atoms with van der Waals surface area (Å²) in [6.07, 6.45) is 0.597. The van der Waals surface area contributed by atoms with Crippen molar-refractivity contribution in [3.63, 3.8) is 0 Å². The Bertz CT molecular complexity index is 1090. The third-order valence-corrected chi connectivity index (χ3v) is 7.58. The molecule has 1 saturated heterocycles. The molecule has 1 aromatic heterocycles. The Labute approximate surface area is 217 Å². The summed E-state index contributed by atoms with van der Waals surface area (Å²) >= 11 is 1.36. The average molecular weight is 519 g/mol. The van der Waals surface area contributed by atoms with Gasteiger partial charge in [-0.2, -0.15) is 0 Å². The maximum atomic E-state index is 14.3. The van der Waals surface area contributed by atoms with Crippen LogP contribution in [0.25, 0.3) is 0 Å². The number of amides is 1. The van der Waals surface area contributed by atoms with Gasteiger partial charge in [-0.3, -0.25) is 9.69 Å². The van der Waals surface area contributed by atoms with Crippen LogP contribution in [0.5, 0.6) is 5.75 Å². The highest BCUT2D eigenvalue weighted by Crippen LogP contribution is 2.54. The van der Waals surface area contributed by atoms with E-state index < -0.39 is 35.3 Å². The van der Waals surface area contributed by atoms with Gasteiger partial charge in [0, 0.05) is 35.9 Å². The first-order valence-corrected chi connectivity index (χ1v) is 13.0. The monoisotopic (exact) mass is 518 g/mol. The zero-order valence-electron chi connectivity index (χ0n) is 22.4. The quantitative estimate of drug-likeness (QED) is 0.442. The molecule has 2 aromatic rings. The Morgan fingerprint density at radius 1 is 1.25 bits per heavy atom. The third kappa shape index (κ3) is 5.52. The number of carbonyl (C=O) groups excluding carboxylic acids is 1. The van der Waals surface area contributed by atoms with Crippen molar-refractivity contribution in [3.8, 4) is 5.75 Å². The fourth-order valence-corrected chi connectivity index (χ4v) is 6.09. The van der Waals surface area contributed by atoms with E-state index in [1.54, 1.807) is 44.7 Å². The van der Waals surface area contributed by atoms with E-state index in [2.05, 4.69) is 25.8 Å². The smallest absolute Gasteiger partial charge is 0.496 e. The number of ether oxygens (including phenoxy) is 2. The minimum Gasteiger partial charge on any atom is -0.496 e. The van der Waals surface area contributed by atoms with Crippen LogP contribution in [0.3, 0.4) is 0 Å². The molecule has 0 bridgehead atoms. The number of methoxy groups -OCH3 is 1. The fraction of sp³-hybridized carbons (Fsp3) is 0.593.